The van der Waals surface area contributed by atoms with Gasteiger partial charge in [-0.1, -0.05) is 0 Å². The third-order valence-electron chi connectivity index (χ3n) is 2.14. The molecule has 1 saturated carbocycles. The van der Waals surface area contributed by atoms with Crippen LogP contribution in [0, 0.1) is 12.5 Å². The molecule has 2 heteroatoms. The lowest BCUT2D eigenvalue weighted by atomic mass is 10.0. The Morgan fingerprint density at radius 3 is 2.90 bits per heavy atom. The predicted molar refractivity (Wildman–Crippen MR) is 38.3 cm³/mol. The molecule has 1 nitrogen and oxygen atoms in total. The molecule has 1 aliphatic carbocycles. The smallest absolute Gasteiger partial charge is 0.217 e. The van der Waals surface area contributed by atoms with Crippen LogP contribution in [0.25, 0.3) is 4.85 Å². The van der Waals surface area contributed by atoms with Crippen molar-refractivity contribution in [3.63, 3.8) is 0 Å². The maximum Gasteiger partial charge on any atom is 0.217 e. The highest BCUT2D eigenvalue weighted by molar-refractivity contribution is 4.88. The van der Waals surface area contributed by atoms with E-state index in [-0.39, 0.29) is 0 Å². The Kier molecular flexibility index (Phi) is 1.94. The largest absolute Gasteiger partial charge is 0.317 e. The van der Waals surface area contributed by atoms with Crippen molar-refractivity contribution in [2.24, 2.45) is 5.92 Å². The summed E-state index contributed by atoms with van der Waals surface area (Å²) in [6.07, 6.45) is 2.14. The highest BCUT2D eigenvalue weighted by Crippen LogP contribution is 2.37. The molecule has 10 heavy (non-hydrogen) atoms. The van der Waals surface area contributed by atoms with E-state index in [4.69, 9.17) is 6.57 Å². The maximum atomic E-state index is 13.1. The fraction of sp³-hybridized carbons (Fsp3) is 0.875. The number of halogens is 1. The van der Waals surface area contributed by atoms with E-state index in [1.807, 2.05) is 0 Å². The van der Waals surface area contributed by atoms with Gasteiger partial charge in [-0.15, -0.1) is 0 Å². The van der Waals surface area contributed by atoms with Crippen molar-refractivity contribution < 1.29 is 4.39 Å². The molecule has 0 saturated heterocycles. The van der Waals surface area contributed by atoms with Gasteiger partial charge in [0, 0.05) is 5.92 Å². The molecule has 2 atom stereocenters. The standard InChI is InChI=1S/C8H12FN/c1-8(9)4-3-7(5-8)6-10-2/h7H,3-6H2,1H3. The number of rotatable bonds is 1. The minimum atomic E-state index is -0.977. The van der Waals surface area contributed by atoms with E-state index in [0.29, 0.717) is 25.3 Å². The Bertz CT molecular complexity index is 157. The van der Waals surface area contributed by atoms with Crippen molar-refractivity contribution in [3.05, 3.63) is 11.4 Å². The van der Waals surface area contributed by atoms with Gasteiger partial charge >= 0.3 is 0 Å². The molecule has 1 rings (SSSR count). The zero-order chi connectivity index (χ0) is 7.61. The average Bonchev–Trinajstić information content (AvgIpc) is 2.12. The van der Waals surface area contributed by atoms with Crippen LogP contribution >= 0.6 is 0 Å². The summed E-state index contributed by atoms with van der Waals surface area (Å²) in [5, 5.41) is 0. The van der Waals surface area contributed by atoms with Gasteiger partial charge in [-0.25, -0.2) is 11.0 Å². The highest BCUT2D eigenvalue weighted by atomic mass is 19.1. The zero-order valence-corrected chi connectivity index (χ0v) is 6.23. The van der Waals surface area contributed by atoms with Crippen LogP contribution < -0.4 is 0 Å². The third kappa shape index (κ3) is 1.70. The van der Waals surface area contributed by atoms with Crippen molar-refractivity contribution in [1.29, 1.82) is 0 Å². The SMILES string of the molecule is [C-]#[N+]CC1CCC(C)(F)C1. The summed E-state index contributed by atoms with van der Waals surface area (Å²) in [7, 11) is 0. The minimum absolute atomic E-state index is 0.326. The molecule has 0 heterocycles. The second kappa shape index (κ2) is 2.57. The van der Waals surface area contributed by atoms with Crippen LogP contribution in [0.4, 0.5) is 4.39 Å². The topological polar surface area (TPSA) is 4.36 Å². The molecule has 0 aromatic heterocycles. The van der Waals surface area contributed by atoms with Crippen molar-refractivity contribution in [3.8, 4) is 0 Å². The van der Waals surface area contributed by atoms with E-state index in [1.54, 1.807) is 6.92 Å². The molecule has 0 aliphatic heterocycles. The predicted octanol–water partition coefficient (Wildman–Crippen LogP) is 2.43. The Labute approximate surface area is 61.1 Å². The summed E-state index contributed by atoms with van der Waals surface area (Å²) < 4.78 is 13.1. The second-order valence-corrected chi connectivity index (χ2v) is 3.36. The van der Waals surface area contributed by atoms with Gasteiger partial charge in [0.15, 0.2) is 0 Å². The minimum Gasteiger partial charge on any atom is -0.317 e. The van der Waals surface area contributed by atoms with Crippen molar-refractivity contribution in [1.82, 2.24) is 0 Å². The first kappa shape index (κ1) is 7.53. The summed E-state index contributed by atoms with van der Waals surface area (Å²) in [4.78, 5) is 3.27. The van der Waals surface area contributed by atoms with Crippen molar-refractivity contribution in [2.45, 2.75) is 31.9 Å². The molecule has 1 aliphatic rings. The third-order valence-corrected chi connectivity index (χ3v) is 2.14. The van der Waals surface area contributed by atoms with Crippen LogP contribution in [0.15, 0.2) is 0 Å². The molecular formula is C8H12FN. The van der Waals surface area contributed by atoms with Crippen LogP contribution in [0.3, 0.4) is 0 Å². The first-order valence-corrected chi connectivity index (χ1v) is 3.66. The first-order valence-electron chi connectivity index (χ1n) is 3.66. The first-order chi connectivity index (χ1) is 4.64. The Balaban J connectivity index is 2.38. The number of nitrogens with zero attached hydrogens (tertiary/aromatic N) is 1. The normalized spacial score (nSPS) is 39.5. The molecule has 0 radical (unpaired) electrons. The van der Waals surface area contributed by atoms with Crippen molar-refractivity contribution >= 4 is 0 Å². The van der Waals surface area contributed by atoms with Gasteiger partial charge < -0.3 is 4.85 Å². The number of alkyl halides is 1. The van der Waals surface area contributed by atoms with Gasteiger partial charge in [0.2, 0.25) is 6.54 Å². The lowest BCUT2D eigenvalue weighted by molar-refractivity contribution is 0.193. The van der Waals surface area contributed by atoms with E-state index < -0.39 is 5.67 Å². The van der Waals surface area contributed by atoms with E-state index in [0.717, 1.165) is 6.42 Å². The molecule has 0 bridgehead atoms. The molecule has 0 aromatic carbocycles. The summed E-state index contributed by atoms with van der Waals surface area (Å²) in [5.74, 6) is 0.326. The van der Waals surface area contributed by atoms with Gasteiger partial charge in [0.25, 0.3) is 0 Å². The molecular weight excluding hydrogens is 129 g/mol. The summed E-state index contributed by atoms with van der Waals surface area (Å²) >= 11 is 0. The fourth-order valence-electron chi connectivity index (χ4n) is 1.60. The fourth-order valence-corrected chi connectivity index (χ4v) is 1.60. The lowest BCUT2D eigenvalue weighted by Crippen LogP contribution is -2.12. The molecule has 0 amide bonds. The van der Waals surface area contributed by atoms with Gasteiger partial charge in [-0.05, 0) is 26.2 Å². The summed E-state index contributed by atoms with van der Waals surface area (Å²) in [6, 6.07) is 0. The molecule has 0 N–H and O–H groups in total. The summed E-state index contributed by atoms with van der Waals surface area (Å²) in [6.45, 7) is 8.75. The number of hydrogen-bond donors (Lipinski definition) is 0. The quantitative estimate of drug-likeness (QED) is 0.494. The lowest BCUT2D eigenvalue weighted by Gasteiger charge is -2.09. The van der Waals surface area contributed by atoms with E-state index in [1.165, 1.54) is 0 Å². The monoisotopic (exact) mass is 141 g/mol. The van der Waals surface area contributed by atoms with Crippen LogP contribution in [-0.4, -0.2) is 12.2 Å². The maximum absolute atomic E-state index is 13.1. The Morgan fingerprint density at radius 2 is 2.50 bits per heavy atom. The highest BCUT2D eigenvalue weighted by Gasteiger charge is 2.36. The van der Waals surface area contributed by atoms with Crippen LogP contribution in [0.5, 0.6) is 0 Å². The Morgan fingerprint density at radius 1 is 1.80 bits per heavy atom. The van der Waals surface area contributed by atoms with Gasteiger partial charge in [-0.3, -0.25) is 0 Å². The molecule has 2 unspecified atom stereocenters. The van der Waals surface area contributed by atoms with Gasteiger partial charge in [0.05, 0.1) is 0 Å². The van der Waals surface area contributed by atoms with Gasteiger partial charge in [0.1, 0.15) is 5.67 Å². The van der Waals surface area contributed by atoms with E-state index >= 15 is 0 Å². The van der Waals surface area contributed by atoms with Crippen LogP contribution in [0.2, 0.25) is 0 Å². The summed E-state index contributed by atoms with van der Waals surface area (Å²) in [5.41, 5.74) is -0.977. The van der Waals surface area contributed by atoms with E-state index in [2.05, 4.69) is 4.85 Å². The van der Waals surface area contributed by atoms with Gasteiger partial charge in [-0.2, -0.15) is 0 Å². The molecule has 56 valence electrons. The van der Waals surface area contributed by atoms with Crippen molar-refractivity contribution in [2.75, 3.05) is 6.54 Å². The number of hydrogen-bond acceptors (Lipinski definition) is 0. The molecule has 0 spiro atoms. The van der Waals surface area contributed by atoms with E-state index in [9.17, 15) is 4.39 Å². The van der Waals surface area contributed by atoms with Crippen LogP contribution in [-0.2, 0) is 0 Å². The second-order valence-electron chi connectivity index (χ2n) is 3.36. The molecule has 0 aromatic rings. The molecule has 1 fully saturated rings. The van der Waals surface area contributed by atoms with Crippen LogP contribution in [0.1, 0.15) is 26.2 Å². The zero-order valence-electron chi connectivity index (χ0n) is 6.23. The average molecular weight is 141 g/mol. The Hall–Kier alpha value is -0.580.